The van der Waals surface area contributed by atoms with Gasteiger partial charge in [0, 0.05) is 25.8 Å². The zero-order valence-electron chi connectivity index (χ0n) is 14.2. The molecule has 0 aliphatic carbocycles. The van der Waals surface area contributed by atoms with Crippen molar-refractivity contribution < 1.29 is 19.4 Å². The van der Waals surface area contributed by atoms with Gasteiger partial charge in [0.05, 0.1) is 7.11 Å². The summed E-state index contributed by atoms with van der Waals surface area (Å²) in [5, 5.41) is 12.3. The molecule has 0 aromatic heterocycles. The summed E-state index contributed by atoms with van der Waals surface area (Å²) in [5.41, 5.74) is 0.861. The Morgan fingerprint density at radius 3 is 2.57 bits per heavy atom. The summed E-state index contributed by atoms with van der Waals surface area (Å²) < 4.78 is 5.03. The van der Waals surface area contributed by atoms with Crippen molar-refractivity contribution in [1.82, 2.24) is 5.32 Å². The highest BCUT2D eigenvalue weighted by Crippen LogP contribution is 2.26. The fourth-order valence-electron chi connectivity index (χ4n) is 2.29. The van der Waals surface area contributed by atoms with Gasteiger partial charge in [-0.3, -0.25) is 9.59 Å². The van der Waals surface area contributed by atoms with Gasteiger partial charge < -0.3 is 15.2 Å². The molecule has 1 aromatic rings. The molecule has 23 heavy (non-hydrogen) atoms. The smallest absolute Gasteiger partial charge is 0.220 e. The highest BCUT2D eigenvalue weighted by atomic mass is 16.5. The number of benzene rings is 1. The predicted molar refractivity (Wildman–Crippen MR) is 89.4 cm³/mol. The number of ether oxygens (including phenoxy) is 1. The highest BCUT2D eigenvalue weighted by Gasteiger charge is 2.07. The van der Waals surface area contributed by atoms with Crippen molar-refractivity contribution in [3.05, 3.63) is 23.8 Å². The molecule has 1 aromatic carbocycles. The number of rotatable bonds is 10. The second-order valence-electron chi connectivity index (χ2n) is 6.13. The van der Waals surface area contributed by atoms with Gasteiger partial charge in [-0.15, -0.1) is 0 Å². The minimum atomic E-state index is -0.0339. The van der Waals surface area contributed by atoms with Crippen molar-refractivity contribution in [3.63, 3.8) is 0 Å². The number of hydrogen-bond donors (Lipinski definition) is 2. The van der Waals surface area contributed by atoms with E-state index in [1.165, 1.54) is 7.11 Å². The molecule has 0 fully saturated rings. The zero-order chi connectivity index (χ0) is 17.2. The average Bonchev–Trinajstić information content (AvgIpc) is 2.50. The summed E-state index contributed by atoms with van der Waals surface area (Å²) in [6.45, 7) is 4.45. The van der Waals surface area contributed by atoms with Gasteiger partial charge in [0.2, 0.25) is 5.91 Å². The summed E-state index contributed by atoms with van der Waals surface area (Å²) >= 11 is 0. The molecule has 0 spiro atoms. The van der Waals surface area contributed by atoms with Crippen molar-refractivity contribution in [3.8, 4) is 11.5 Å². The minimum Gasteiger partial charge on any atom is -0.504 e. The lowest BCUT2D eigenvalue weighted by atomic mass is 10.0. The Morgan fingerprint density at radius 1 is 1.22 bits per heavy atom. The largest absolute Gasteiger partial charge is 0.504 e. The average molecular weight is 321 g/mol. The molecule has 0 saturated heterocycles. The van der Waals surface area contributed by atoms with E-state index in [4.69, 9.17) is 4.74 Å². The third-order valence-corrected chi connectivity index (χ3v) is 3.48. The van der Waals surface area contributed by atoms with Gasteiger partial charge in [0.15, 0.2) is 11.5 Å². The fourth-order valence-corrected chi connectivity index (χ4v) is 2.29. The Bertz CT molecular complexity index is 526. The molecule has 0 heterocycles. The third-order valence-electron chi connectivity index (χ3n) is 3.48. The van der Waals surface area contributed by atoms with Gasteiger partial charge >= 0.3 is 0 Å². The normalized spacial score (nSPS) is 10.6. The van der Waals surface area contributed by atoms with E-state index in [9.17, 15) is 14.7 Å². The second kappa shape index (κ2) is 9.87. The van der Waals surface area contributed by atoms with Gasteiger partial charge in [-0.1, -0.05) is 19.9 Å². The van der Waals surface area contributed by atoms with Crippen LogP contribution in [0.4, 0.5) is 0 Å². The van der Waals surface area contributed by atoms with E-state index in [1.54, 1.807) is 18.2 Å². The maximum atomic E-state index is 11.8. The van der Waals surface area contributed by atoms with Crippen molar-refractivity contribution in [2.24, 2.45) is 5.92 Å². The Balaban J connectivity index is 2.23. The molecule has 2 N–H and O–H groups in total. The number of unbranched alkanes of at least 4 members (excludes halogenated alkanes) is 1. The number of methoxy groups -OCH3 is 1. The van der Waals surface area contributed by atoms with Crippen LogP contribution in [0.25, 0.3) is 0 Å². The molecule has 1 amide bonds. The van der Waals surface area contributed by atoms with Crippen LogP contribution in [0.5, 0.6) is 11.5 Å². The van der Waals surface area contributed by atoms with E-state index < -0.39 is 0 Å². The molecule has 0 unspecified atom stereocenters. The number of Topliss-reactive ketones (excluding diaryl/α,β-unsaturated/α-hetero) is 1. The quantitative estimate of drug-likeness (QED) is 0.649. The topological polar surface area (TPSA) is 75.6 Å². The number of aromatic hydroxyl groups is 1. The van der Waals surface area contributed by atoms with Gasteiger partial charge in [0.1, 0.15) is 5.78 Å². The number of carbonyl (C=O) groups excluding carboxylic acids is 2. The summed E-state index contributed by atoms with van der Waals surface area (Å²) in [6.07, 6.45) is 3.07. The number of carbonyl (C=O) groups is 2. The van der Waals surface area contributed by atoms with Crippen LogP contribution in [-0.2, 0) is 16.1 Å². The number of nitrogens with one attached hydrogen (secondary N) is 1. The molecule has 0 radical (unpaired) electrons. The Kier molecular flexibility index (Phi) is 8.16. The van der Waals surface area contributed by atoms with Crippen LogP contribution >= 0.6 is 0 Å². The van der Waals surface area contributed by atoms with Crippen LogP contribution in [0.2, 0.25) is 0 Å². The molecule has 5 heteroatoms. The monoisotopic (exact) mass is 321 g/mol. The van der Waals surface area contributed by atoms with Crippen molar-refractivity contribution >= 4 is 11.7 Å². The molecule has 0 saturated carbocycles. The van der Waals surface area contributed by atoms with E-state index >= 15 is 0 Å². The molecule has 0 atom stereocenters. The summed E-state index contributed by atoms with van der Waals surface area (Å²) in [7, 11) is 1.48. The number of hydrogen-bond acceptors (Lipinski definition) is 4. The highest BCUT2D eigenvalue weighted by molar-refractivity contribution is 5.78. The third kappa shape index (κ3) is 7.68. The number of phenolic OH excluding ortho intramolecular Hbond substituents is 1. The maximum Gasteiger partial charge on any atom is 0.220 e. The Hall–Kier alpha value is -2.04. The lowest BCUT2D eigenvalue weighted by molar-refractivity contribution is -0.122. The van der Waals surface area contributed by atoms with Gasteiger partial charge in [0.25, 0.3) is 0 Å². The van der Waals surface area contributed by atoms with E-state index in [0.717, 1.165) is 12.0 Å². The van der Waals surface area contributed by atoms with Crippen LogP contribution in [0.15, 0.2) is 18.2 Å². The number of phenols is 1. The lowest BCUT2D eigenvalue weighted by Crippen LogP contribution is -2.22. The van der Waals surface area contributed by atoms with Crippen LogP contribution in [0.3, 0.4) is 0 Å². The SMILES string of the molecule is COc1cc(CNC(=O)CCCCC(=O)CC(C)C)ccc1O. The van der Waals surface area contributed by atoms with Crippen LogP contribution in [0, 0.1) is 5.92 Å². The molecule has 1 rings (SSSR count). The predicted octanol–water partition coefficient (Wildman–Crippen LogP) is 3.19. The first kappa shape index (κ1) is 19.0. The minimum absolute atomic E-state index is 0.0339. The second-order valence-corrected chi connectivity index (χ2v) is 6.13. The summed E-state index contributed by atoms with van der Waals surface area (Å²) in [4.78, 5) is 23.3. The molecular formula is C18H27NO4. The molecular weight excluding hydrogens is 294 g/mol. The van der Waals surface area contributed by atoms with E-state index in [1.807, 2.05) is 13.8 Å². The Morgan fingerprint density at radius 2 is 1.91 bits per heavy atom. The zero-order valence-corrected chi connectivity index (χ0v) is 14.2. The first-order valence-electron chi connectivity index (χ1n) is 8.06. The number of amides is 1. The van der Waals surface area contributed by atoms with E-state index in [2.05, 4.69) is 5.32 Å². The maximum absolute atomic E-state index is 11.8. The van der Waals surface area contributed by atoms with Gasteiger partial charge in [-0.25, -0.2) is 0 Å². The summed E-state index contributed by atoms with van der Waals surface area (Å²) in [5.74, 6) is 1.10. The van der Waals surface area contributed by atoms with Crippen LogP contribution in [-0.4, -0.2) is 23.9 Å². The fraction of sp³-hybridized carbons (Fsp3) is 0.556. The number of ketones is 1. The van der Waals surface area contributed by atoms with Crippen LogP contribution < -0.4 is 10.1 Å². The van der Waals surface area contributed by atoms with Crippen molar-refractivity contribution in [2.75, 3.05) is 7.11 Å². The lowest BCUT2D eigenvalue weighted by Gasteiger charge is -2.08. The Labute approximate surface area is 138 Å². The van der Waals surface area contributed by atoms with Crippen LogP contribution in [0.1, 0.15) is 51.5 Å². The first-order chi connectivity index (χ1) is 10.9. The van der Waals surface area contributed by atoms with E-state index in [-0.39, 0.29) is 17.4 Å². The van der Waals surface area contributed by atoms with Gasteiger partial charge in [-0.2, -0.15) is 0 Å². The van der Waals surface area contributed by atoms with Crippen molar-refractivity contribution in [2.45, 2.75) is 52.5 Å². The molecule has 0 aliphatic rings. The van der Waals surface area contributed by atoms with E-state index in [0.29, 0.717) is 43.9 Å². The van der Waals surface area contributed by atoms with Gasteiger partial charge in [-0.05, 0) is 36.5 Å². The van der Waals surface area contributed by atoms with Crippen molar-refractivity contribution in [1.29, 1.82) is 0 Å². The molecule has 5 nitrogen and oxygen atoms in total. The first-order valence-corrected chi connectivity index (χ1v) is 8.06. The molecule has 0 bridgehead atoms. The molecule has 0 aliphatic heterocycles. The standard InChI is InChI=1S/C18H27NO4/c1-13(2)10-15(20)6-4-5-7-18(22)19-12-14-8-9-16(21)17(11-14)23-3/h8-9,11,13,21H,4-7,10,12H2,1-3H3,(H,19,22). The summed E-state index contributed by atoms with van der Waals surface area (Å²) in [6, 6.07) is 4.98. The molecule has 128 valence electrons.